The van der Waals surface area contributed by atoms with Crippen molar-refractivity contribution in [3.05, 3.63) is 59.5 Å². The highest BCUT2D eigenvalue weighted by Crippen LogP contribution is 2.31. The molecule has 0 amide bonds. The highest BCUT2D eigenvalue weighted by molar-refractivity contribution is 5.88. The van der Waals surface area contributed by atoms with Crippen molar-refractivity contribution in [3.63, 3.8) is 0 Å². The number of rotatable bonds is 4. The number of benzene rings is 1. The van der Waals surface area contributed by atoms with Crippen LogP contribution in [0.1, 0.15) is 42.8 Å². The first kappa shape index (κ1) is 18.7. The molecule has 1 aliphatic rings. The van der Waals surface area contributed by atoms with E-state index < -0.39 is 0 Å². The van der Waals surface area contributed by atoms with E-state index in [1.54, 1.807) is 0 Å². The standard InChI is InChI=1S/C24H26N6/c1-16-12-23-22(29(16)15-19-6-4-3-5-7-19)13-21(24-28-27-17(2)30(23)24)26-20-10-8-18(14-25)9-11-20/h3-7,12-13,18,20,26H,8-11,15H2,1-2H3/t18-,20+. The maximum atomic E-state index is 9.19. The molecule has 1 aromatic carbocycles. The van der Waals surface area contributed by atoms with E-state index in [9.17, 15) is 5.26 Å². The summed E-state index contributed by atoms with van der Waals surface area (Å²) in [5, 5.41) is 21.8. The van der Waals surface area contributed by atoms with Crippen LogP contribution in [-0.2, 0) is 6.54 Å². The number of hydrogen-bond acceptors (Lipinski definition) is 4. The largest absolute Gasteiger partial charge is 0.379 e. The van der Waals surface area contributed by atoms with E-state index in [2.05, 4.69) is 79.9 Å². The van der Waals surface area contributed by atoms with Crippen molar-refractivity contribution in [2.24, 2.45) is 5.92 Å². The summed E-state index contributed by atoms with van der Waals surface area (Å²) in [6.45, 7) is 4.99. The summed E-state index contributed by atoms with van der Waals surface area (Å²) in [6, 6.07) is 17.8. The number of anilines is 1. The lowest BCUT2D eigenvalue weighted by molar-refractivity contribution is 0.397. The normalized spacial score (nSPS) is 19.2. The van der Waals surface area contributed by atoms with Crippen LogP contribution < -0.4 is 5.32 Å². The molecule has 0 bridgehead atoms. The Morgan fingerprint density at radius 1 is 1.03 bits per heavy atom. The molecule has 0 saturated heterocycles. The molecule has 1 aliphatic carbocycles. The predicted molar refractivity (Wildman–Crippen MR) is 118 cm³/mol. The number of hydrogen-bond donors (Lipinski definition) is 1. The molecule has 0 atom stereocenters. The van der Waals surface area contributed by atoms with Crippen molar-refractivity contribution in [2.75, 3.05) is 5.32 Å². The van der Waals surface area contributed by atoms with Crippen molar-refractivity contribution >= 4 is 22.4 Å². The van der Waals surface area contributed by atoms with Crippen LogP contribution in [0.2, 0.25) is 0 Å². The van der Waals surface area contributed by atoms with Crippen LogP contribution in [0.3, 0.4) is 0 Å². The Hall–Kier alpha value is -3.33. The molecule has 3 aromatic heterocycles. The molecule has 1 saturated carbocycles. The molecule has 0 spiro atoms. The Morgan fingerprint density at radius 3 is 2.53 bits per heavy atom. The van der Waals surface area contributed by atoms with Gasteiger partial charge in [-0.05, 0) is 57.2 Å². The average Bonchev–Trinajstić information content (AvgIpc) is 3.30. The Kier molecular flexibility index (Phi) is 4.66. The van der Waals surface area contributed by atoms with Crippen LogP contribution >= 0.6 is 0 Å². The van der Waals surface area contributed by atoms with E-state index in [0.29, 0.717) is 6.04 Å². The third kappa shape index (κ3) is 3.21. The minimum atomic E-state index is 0.201. The smallest absolute Gasteiger partial charge is 0.184 e. The quantitative estimate of drug-likeness (QED) is 0.534. The predicted octanol–water partition coefficient (Wildman–Crippen LogP) is 4.84. The maximum absolute atomic E-state index is 9.19. The zero-order chi connectivity index (χ0) is 20.7. The fraction of sp³-hybridized carbons (Fsp3) is 0.375. The van der Waals surface area contributed by atoms with Gasteiger partial charge in [0.15, 0.2) is 5.65 Å². The van der Waals surface area contributed by atoms with E-state index in [0.717, 1.165) is 54.9 Å². The van der Waals surface area contributed by atoms with E-state index in [1.807, 2.05) is 6.92 Å². The highest BCUT2D eigenvalue weighted by atomic mass is 15.3. The summed E-state index contributed by atoms with van der Waals surface area (Å²) in [6.07, 6.45) is 3.95. The minimum absolute atomic E-state index is 0.201. The first-order valence-electron chi connectivity index (χ1n) is 10.7. The van der Waals surface area contributed by atoms with Gasteiger partial charge in [0.1, 0.15) is 5.82 Å². The molecule has 0 radical (unpaired) electrons. The zero-order valence-electron chi connectivity index (χ0n) is 17.5. The third-order valence-corrected chi connectivity index (χ3v) is 6.37. The molecule has 30 heavy (non-hydrogen) atoms. The molecule has 6 heteroatoms. The molecule has 0 aliphatic heterocycles. The SMILES string of the molecule is Cc1cc2c(cc(N[C@H]3CC[C@@H](C#N)CC3)c3nnc(C)n32)n1Cc1ccccc1. The summed E-state index contributed by atoms with van der Waals surface area (Å²) in [7, 11) is 0. The molecule has 0 unspecified atom stereocenters. The molecule has 3 heterocycles. The molecule has 6 nitrogen and oxygen atoms in total. The van der Waals surface area contributed by atoms with Gasteiger partial charge in [0, 0.05) is 24.2 Å². The van der Waals surface area contributed by atoms with Gasteiger partial charge in [-0.25, -0.2) is 0 Å². The lowest BCUT2D eigenvalue weighted by atomic mass is 9.87. The number of nitrogens with one attached hydrogen (secondary N) is 1. The van der Waals surface area contributed by atoms with Crippen molar-refractivity contribution < 1.29 is 0 Å². The number of fused-ring (bicyclic) bond motifs is 3. The van der Waals surface area contributed by atoms with Crippen LogP contribution in [0.5, 0.6) is 0 Å². The Morgan fingerprint density at radius 2 is 1.80 bits per heavy atom. The lowest BCUT2D eigenvalue weighted by Gasteiger charge is -2.26. The number of aryl methyl sites for hydroxylation is 2. The molecule has 152 valence electrons. The summed E-state index contributed by atoms with van der Waals surface area (Å²) in [4.78, 5) is 0. The Bertz CT molecular complexity index is 1240. The summed E-state index contributed by atoms with van der Waals surface area (Å²) >= 11 is 0. The van der Waals surface area contributed by atoms with Crippen molar-refractivity contribution in [1.29, 1.82) is 5.26 Å². The fourth-order valence-electron chi connectivity index (χ4n) is 4.70. The highest BCUT2D eigenvalue weighted by Gasteiger charge is 2.23. The second kappa shape index (κ2) is 7.49. The van der Waals surface area contributed by atoms with Crippen LogP contribution in [0, 0.1) is 31.1 Å². The van der Waals surface area contributed by atoms with E-state index >= 15 is 0 Å². The molecular weight excluding hydrogens is 372 g/mol. The van der Waals surface area contributed by atoms with E-state index in [4.69, 9.17) is 0 Å². The van der Waals surface area contributed by atoms with Gasteiger partial charge in [-0.15, -0.1) is 10.2 Å². The van der Waals surface area contributed by atoms with Gasteiger partial charge in [-0.3, -0.25) is 4.40 Å². The van der Waals surface area contributed by atoms with Gasteiger partial charge < -0.3 is 9.88 Å². The maximum Gasteiger partial charge on any atom is 0.184 e. The van der Waals surface area contributed by atoms with Gasteiger partial charge in [0.05, 0.1) is 22.8 Å². The molecule has 5 rings (SSSR count). The molecule has 1 fully saturated rings. The molecule has 1 N–H and O–H groups in total. The van der Waals surface area contributed by atoms with Gasteiger partial charge in [-0.1, -0.05) is 30.3 Å². The monoisotopic (exact) mass is 398 g/mol. The topological polar surface area (TPSA) is 70.9 Å². The van der Waals surface area contributed by atoms with Gasteiger partial charge in [0.25, 0.3) is 0 Å². The van der Waals surface area contributed by atoms with Gasteiger partial charge in [-0.2, -0.15) is 5.26 Å². The average molecular weight is 399 g/mol. The minimum Gasteiger partial charge on any atom is -0.379 e. The van der Waals surface area contributed by atoms with Crippen LogP contribution in [0.4, 0.5) is 5.69 Å². The first-order valence-corrected chi connectivity index (χ1v) is 10.7. The second-order valence-corrected chi connectivity index (χ2v) is 8.41. The third-order valence-electron chi connectivity index (χ3n) is 6.37. The number of pyridine rings is 1. The van der Waals surface area contributed by atoms with Gasteiger partial charge >= 0.3 is 0 Å². The van der Waals surface area contributed by atoms with Crippen LogP contribution in [-0.4, -0.2) is 25.2 Å². The Labute approximate surface area is 176 Å². The van der Waals surface area contributed by atoms with E-state index in [-0.39, 0.29) is 5.92 Å². The lowest BCUT2D eigenvalue weighted by Crippen LogP contribution is -2.26. The molecular formula is C24H26N6. The van der Waals surface area contributed by atoms with Crippen LogP contribution in [0.15, 0.2) is 42.5 Å². The number of nitrogens with zero attached hydrogens (tertiary/aromatic N) is 5. The van der Waals surface area contributed by atoms with Crippen molar-refractivity contribution in [1.82, 2.24) is 19.2 Å². The van der Waals surface area contributed by atoms with Crippen LogP contribution in [0.25, 0.3) is 16.7 Å². The molecule has 4 aromatic rings. The zero-order valence-corrected chi connectivity index (χ0v) is 17.5. The van der Waals surface area contributed by atoms with Crippen molar-refractivity contribution in [2.45, 2.75) is 52.1 Å². The number of aromatic nitrogens is 4. The second-order valence-electron chi connectivity index (χ2n) is 8.41. The summed E-state index contributed by atoms with van der Waals surface area (Å²) in [5.41, 5.74) is 6.72. The summed E-state index contributed by atoms with van der Waals surface area (Å²) in [5.74, 6) is 1.09. The Balaban J connectivity index is 1.58. The van der Waals surface area contributed by atoms with Crippen molar-refractivity contribution in [3.8, 4) is 6.07 Å². The first-order chi connectivity index (χ1) is 14.6. The number of nitriles is 1. The summed E-state index contributed by atoms with van der Waals surface area (Å²) < 4.78 is 4.52. The fourth-order valence-corrected chi connectivity index (χ4v) is 4.70. The van der Waals surface area contributed by atoms with Gasteiger partial charge in [0.2, 0.25) is 0 Å². The van der Waals surface area contributed by atoms with E-state index in [1.165, 1.54) is 16.8 Å².